The van der Waals surface area contributed by atoms with Crippen LogP contribution in [0, 0.1) is 10.5 Å². The van der Waals surface area contributed by atoms with E-state index in [1.165, 1.54) is 0 Å². The van der Waals surface area contributed by atoms with Gasteiger partial charge in [-0.05, 0) is 72.3 Å². The largest absolute Gasteiger partial charge is 0.453 e. The average molecular weight is 602 g/mol. The van der Waals surface area contributed by atoms with Crippen molar-refractivity contribution in [1.82, 2.24) is 20.1 Å². The van der Waals surface area contributed by atoms with Crippen molar-refractivity contribution in [1.29, 1.82) is 0 Å². The van der Waals surface area contributed by atoms with E-state index >= 15 is 0 Å². The molecule has 0 aliphatic rings. The maximum absolute atomic E-state index is 13.3. The highest BCUT2D eigenvalue weighted by molar-refractivity contribution is 14.1. The van der Waals surface area contributed by atoms with Crippen LogP contribution < -0.4 is 16.5 Å². The van der Waals surface area contributed by atoms with Crippen molar-refractivity contribution >= 4 is 50.8 Å². The molecule has 5 rings (SSSR count). The molecule has 11 heteroatoms. The molecule has 0 fully saturated rings. The Labute approximate surface area is 216 Å². The predicted octanol–water partition coefficient (Wildman–Crippen LogP) is 5.33. The predicted molar refractivity (Wildman–Crippen MR) is 141 cm³/mol. The third kappa shape index (κ3) is 4.46. The summed E-state index contributed by atoms with van der Waals surface area (Å²) in [5, 5.41) is 7.80. The standard InChI is InChI=1S/C24H17ClIN5O4/c1-11-9-13(12(2)28-15-6-7-17(25)29-19(15)23-30-24(33)35-31-23)21-14(10-11)20(32)18(26)22(34-21)16-5-3-4-8-27-16/h3-10,12,28H,1-2H3,(H,30,31,33). The van der Waals surface area contributed by atoms with Crippen molar-refractivity contribution in [2.75, 3.05) is 5.32 Å². The number of benzene rings is 1. The number of hydrogen-bond acceptors (Lipinski definition) is 8. The van der Waals surface area contributed by atoms with Gasteiger partial charge >= 0.3 is 5.76 Å². The maximum atomic E-state index is 13.3. The summed E-state index contributed by atoms with van der Waals surface area (Å²) < 4.78 is 11.4. The molecule has 4 aromatic heterocycles. The zero-order valence-electron chi connectivity index (χ0n) is 18.4. The number of hydrogen-bond donors (Lipinski definition) is 2. The van der Waals surface area contributed by atoms with E-state index in [2.05, 4.69) is 29.9 Å². The number of anilines is 1. The van der Waals surface area contributed by atoms with E-state index in [1.807, 2.05) is 54.6 Å². The minimum Gasteiger partial charge on any atom is -0.453 e. The molecule has 0 spiro atoms. The Bertz CT molecular complexity index is 1680. The second-order valence-corrected chi connectivity index (χ2v) is 9.33. The molecule has 176 valence electrons. The van der Waals surface area contributed by atoms with Gasteiger partial charge in [0.25, 0.3) is 0 Å². The Kier molecular flexibility index (Phi) is 6.15. The zero-order valence-corrected chi connectivity index (χ0v) is 21.3. The molecule has 0 amide bonds. The van der Waals surface area contributed by atoms with Crippen molar-refractivity contribution in [3.63, 3.8) is 0 Å². The van der Waals surface area contributed by atoms with E-state index in [4.69, 9.17) is 16.0 Å². The maximum Gasteiger partial charge on any atom is 0.439 e. The molecule has 0 saturated carbocycles. The molecule has 4 heterocycles. The van der Waals surface area contributed by atoms with E-state index in [9.17, 15) is 9.59 Å². The molecule has 35 heavy (non-hydrogen) atoms. The Morgan fingerprint density at radius 3 is 2.71 bits per heavy atom. The summed E-state index contributed by atoms with van der Waals surface area (Å²) in [6.45, 7) is 3.85. The monoisotopic (exact) mass is 601 g/mol. The van der Waals surface area contributed by atoms with Gasteiger partial charge in [0.05, 0.1) is 17.1 Å². The third-order valence-corrected chi connectivity index (χ3v) is 6.56. The van der Waals surface area contributed by atoms with Gasteiger partial charge in [-0.3, -0.25) is 19.3 Å². The number of halogens is 2. The Morgan fingerprint density at radius 2 is 2.00 bits per heavy atom. The molecule has 1 atom stereocenters. The van der Waals surface area contributed by atoms with Crippen molar-refractivity contribution < 1.29 is 8.94 Å². The number of fused-ring (bicyclic) bond motifs is 1. The van der Waals surface area contributed by atoms with Crippen LogP contribution in [0.4, 0.5) is 5.69 Å². The summed E-state index contributed by atoms with van der Waals surface area (Å²) in [7, 11) is 0. The van der Waals surface area contributed by atoms with E-state index in [0.29, 0.717) is 37.4 Å². The first-order valence-corrected chi connectivity index (χ1v) is 11.9. The van der Waals surface area contributed by atoms with Gasteiger partial charge in [-0.15, -0.1) is 0 Å². The lowest BCUT2D eigenvalue weighted by Gasteiger charge is -2.19. The summed E-state index contributed by atoms with van der Waals surface area (Å²) in [6.07, 6.45) is 1.65. The molecular formula is C24H17ClIN5O4. The van der Waals surface area contributed by atoms with Crippen molar-refractivity contribution in [2.45, 2.75) is 19.9 Å². The molecule has 1 unspecified atom stereocenters. The average Bonchev–Trinajstić information content (AvgIpc) is 3.29. The summed E-state index contributed by atoms with van der Waals surface area (Å²) in [6, 6.07) is 12.2. The molecule has 1 aromatic carbocycles. The Hall–Kier alpha value is -3.51. The third-order valence-electron chi connectivity index (χ3n) is 5.37. The molecule has 2 N–H and O–H groups in total. The second-order valence-electron chi connectivity index (χ2n) is 7.86. The second kappa shape index (κ2) is 9.27. The first-order valence-electron chi connectivity index (χ1n) is 10.5. The highest BCUT2D eigenvalue weighted by atomic mass is 127. The molecule has 0 aliphatic heterocycles. The fourth-order valence-corrected chi connectivity index (χ4v) is 4.64. The van der Waals surface area contributed by atoms with Crippen LogP contribution >= 0.6 is 34.2 Å². The quantitative estimate of drug-likeness (QED) is 0.204. The smallest absolute Gasteiger partial charge is 0.439 e. The van der Waals surface area contributed by atoms with Gasteiger partial charge in [-0.1, -0.05) is 28.9 Å². The van der Waals surface area contributed by atoms with Crippen LogP contribution in [0.25, 0.3) is 33.9 Å². The van der Waals surface area contributed by atoms with Gasteiger partial charge in [0.1, 0.15) is 25.7 Å². The van der Waals surface area contributed by atoms with Gasteiger partial charge in [0.15, 0.2) is 5.76 Å². The van der Waals surface area contributed by atoms with E-state index in [-0.39, 0.29) is 22.4 Å². The molecule has 0 radical (unpaired) electrons. The fourth-order valence-electron chi connectivity index (χ4n) is 3.81. The minimum absolute atomic E-state index is 0.126. The van der Waals surface area contributed by atoms with E-state index in [1.54, 1.807) is 30.5 Å². The summed E-state index contributed by atoms with van der Waals surface area (Å²) >= 11 is 8.09. The number of nitrogens with zero attached hydrogens (tertiary/aromatic N) is 3. The SMILES string of the molecule is Cc1cc(C(C)Nc2ccc(Cl)nc2-c2noc(=O)[nH]2)c2oc(-c3ccccn3)c(I)c(=O)c2c1. The van der Waals surface area contributed by atoms with Gasteiger partial charge in [0, 0.05) is 11.8 Å². The van der Waals surface area contributed by atoms with Crippen molar-refractivity contribution in [3.05, 3.63) is 89.3 Å². The van der Waals surface area contributed by atoms with Crippen molar-refractivity contribution in [2.24, 2.45) is 0 Å². The summed E-state index contributed by atoms with van der Waals surface area (Å²) in [5.41, 5.74) is 3.45. The normalized spacial score (nSPS) is 12.1. The van der Waals surface area contributed by atoms with Crippen LogP contribution in [0.3, 0.4) is 0 Å². The highest BCUT2D eigenvalue weighted by Crippen LogP contribution is 2.34. The number of rotatable bonds is 5. The van der Waals surface area contributed by atoms with Gasteiger partial charge in [0.2, 0.25) is 11.3 Å². The van der Waals surface area contributed by atoms with Gasteiger partial charge < -0.3 is 9.73 Å². The number of H-pyrrole nitrogens is 1. The van der Waals surface area contributed by atoms with Crippen molar-refractivity contribution in [3.8, 4) is 23.0 Å². The van der Waals surface area contributed by atoms with E-state index < -0.39 is 5.76 Å². The molecule has 0 aliphatic carbocycles. The summed E-state index contributed by atoms with van der Waals surface area (Å²) in [4.78, 5) is 35.9. The molecular weight excluding hydrogens is 585 g/mol. The Morgan fingerprint density at radius 1 is 1.17 bits per heavy atom. The highest BCUT2D eigenvalue weighted by Gasteiger charge is 2.21. The van der Waals surface area contributed by atoms with Crippen LogP contribution in [0.5, 0.6) is 0 Å². The molecule has 9 nitrogen and oxygen atoms in total. The van der Waals surface area contributed by atoms with Gasteiger partial charge in [-0.2, -0.15) is 0 Å². The molecule has 0 bridgehead atoms. The van der Waals surface area contributed by atoms with Crippen LogP contribution in [-0.4, -0.2) is 20.1 Å². The number of pyridine rings is 2. The minimum atomic E-state index is -0.705. The van der Waals surface area contributed by atoms with E-state index in [0.717, 1.165) is 11.1 Å². The van der Waals surface area contributed by atoms with Crippen LogP contribution in [0.2, 0.25) is 5.15 Å². The first kappa shape index (κ1) is 23.2. The number of aromatic nitrogens is 4. The lowest BCUT2D eigenvalue weighted by atomic mass is 10.0. The molecule has 0 saturated heterocycles. The first-order chi connectivity index (χ1) is 16.8. The number of aromatic amines is 1. The number of nitrogens with one attached hydrogen (secondary N) is 2. The molecule has 5 aromatic rings. The summed E-state index contributed by atoms with van der Waals surface area (Å²) in [5.74, 6) is -0.154. The van der Waals surface area contributed by atoms with Crippen LogP contribution in [0.1, 0.15) is 24.1 Å². The zero-order chi connectivity index (χ0) is 24.7. The Balaban J connectivity index is 1.65. The lowest BCUT2D eigenvalue weighted by molar-refractivity contribution is 0.388. The topological polar surface area (TPSA) is 127 Å². The number of aryl methyl sites for hydroxylation is 1. The lowest BCUT2D eigenvalue weighted by Crippen LogP contribution is -2.13. The van der Waals surface area contributed by atoms with Gasteiger partial charge in [-0.25, -0.2) is 9.78 Å². The fraction of sp³-hybridized carbons (Fsp3) is 0.125. The van der Waals surface area contributed by atoms with Crippen LogP contribution in [0.15, 0.2) is 67.2 Å². The van der Waals surface area contributed by atoms with Crippen LogP contribution in [-0.2, 0) is 0 Å².